The van der Waals surface area contributed by atoms with Crippen LogP contribution in [0.15, 0.2) is 18.2 Å². The van der Waals surface area contributed by atoms with Crippen molar-refractivity contribution in [2.45, 2.75) is 13.0 Å². The van der Waals surface area contributed by atoms with E-state index in [0.29, 0.717) is 19.7 Å². The van der Waals surface area contributed by atoms with Gasteiger partial charge in [0.1, 0.15) is 0 Å². The lowest BCUT2D eigenvalue weighted by molar-refractivity contribution is 0.174. The summed E-state index contributed by atoms with van der Waals surface area (Å²) < 4.78 is 15.4. The molecule has 0 saturated carbocycles. The lowest BCUT2D eigenvalue weighted by Gasteiger charge is -2.08. The maximum Gasteiger partial charge on any atom is 0.315 e. The topological polar surface area (TPSA) is 68.8 Å². The Morgan fingerprint density at radius 1 is 1.32 bits per heavy atom. The molecule has 1 heterocycles. The summed E-state index contributed by atoms with van der Waals surface area (Å²) in [7, 11) is 1.64. The van der Waals surface area contributed by atoms with Crippen LogP contribution in [0.2, 0.25) is 0 Å². The Morgan fingerprint density at radius 2 is 2.16 bits per heavy atom. The van der Waals surface area contributed by atoms with Crippen molar-refractivity contribution >= 4 is 6.03 Å². The molecule has 0 aliphatic carbocycles. The Kier molecular flexibility index (Phi) is 4.85. The second kappa shape index (κ2) is 6.84. The van der Waals surface area contributed by atoms with Crippen LogP contribution in [0.3, 0.4) is 0 Å². The molecule has 0 bridgehead atoms. The van der Waals surface area contributed by atoms with Crippen molar-refractivity contribution in [3.05, 3.63) is 23.8 Å². The zero-order valence-electron chi connectivity index (χ0n) is 10.9. The van der Waals surface area contributed by atoms with Crippen LogP contribution in [0.5, 0.6) is 11.5 Å². The molecule has 1 aromatic rings. The Bertz CT molecular complexity index is 437. The average Bonchev–Trinajstić information content (AvgIpc) is 2.89. The summed E-state index contributed by atoms with van der Waals surface area (Å²) in [4.78, 5) is 11.5. The Hall–Kier alpha value is -1.95. The van der Waals surface area contributed by atoms with E-state index in [1.54, 1.807) is 7.11 Å². The van der Waals surface area contributed by atoms with Crippen LogP contribution in [0, 0.1) is 0 Å². The number of methoxy groups -OCH3 is 1. The number of urea groups is 1. The van der Waals surface area contributed by atoms with Crippen LogP contribution >= 0.6 is 0 Å². The third-order valence-corrected chi connectivity index (χ3v) is 2.70. The molecule has 1 aliphatic heterocycles. The Balaban J connectivity index is 1.71. The number of hydrogen-bond donors (Lipinski definition) is 2. The number of fused-ring (bicyclic) bond motifs is 1. The fraction of sp³-hybridized carbons (Fsp3) is 0.462. The SMILES string of the molecule is COCCCNC(=O)NCc1ccc2c(c1)OCO2. The van der Waals surface area contributed by atoms with Crippen molar-refractivity contribution in [3.8, 4) is 11.5 Å². The van der Waals surface area contributed by atoms with Crippen LogP contribution < -0.4 is 20.1 Å². The third-order valence-electron chi connectivity index (χ3n) is 2.70. The van der Waals surface area contributed by atoms with Crippen molar-refractivity contribution < 1.29 is 19.0 Å². The van der Waals surface area contributed by atoms with Gasteiger partial charge in [-0.3, -0.25) is 0 Å². The van der Waals surface area contributed by atoms with Crippen molar-refractivity contribution in [2.24, 2.45) is 0 Å². The second-order valence-electron chi connectivity index (χ2n) is 4.14. The second-order valence-corrected chi connectivity index (χ2v) is 4.14. The Morgan fingerprint density at radius 3 is 3.00 bits per heavy atom. The molecule has 6 nitrogen and oxygen atoms in total. The molecule has 19 heavy (non-hydrogen) atoms. The summed E-state index contributed by atoms with van der Waals surface area (Å²) in [5, 5.41) is 5.53. The summed E-state index contributed by atoms with van der Waals surface area (Å²) in [5.41, 5.74) is 0.969. The summed E-state index contributed by atoms with van der Waals surface area (Å²) in [6, 6.07) is 5.43. The summed E-state index contributed by atoms with van der Waals surface area (Å²) in [6.07, 6.45) is 0.800. The fourth-order valence-electron chi connectivity index (χ4n) is 1.71. The van der Waals surface area contributed by atoms with E-state index in [4.69, 9.17) is 14.2 Å². The maximum absolute atomic E-state index is 11.5. The molecule has 1 aromatic carbocycles. The van der Waals surface area contributed by atoms with Crippen molar-refractivity contribution in [2.75, 3.05) is 27.1 Å². The zero-order valence-corrected chi connectivity index (χ0v) is 10.9. The van der Waals surface area contributed by atoms with E-state index in [0.717, 1.165) is 23.5 Å². The van der Waals surface area contributed by atoms with Crippen LogP contribution in [-0.2, 0) is 11.3 Å². The van der Waals surface area contributed by atoms with E-state index in [1.165, 1.54) is 0 Å². The van der Waals surface area contributed by atoms with Gasteiger partial charge in [0.2, 0.25) is 6.79 Å². The minimum Gasteiger partial charge on any atom is -0.454 e. The van der Waals surface area contributed by atoms with Gasteiger partial charge in [0.15, 0.2) is 11.5 Å². The predicted molar refractivity (Wildman–Crippen MR) is 69.3 cm³/mol. The molecule has 0 aromatic heterocycles. The van der Waals surface area contributed by atoms with Gasteiger partial charge in [-0.15, -0.1) is 0 Å². The number of carbonyl (C=O) groups excluding carboxylic acids is 1. The van der Waals surface area contributed by atoms with Gasteiger partial charge >= 0.3 is 6.03 Å². The molecule has 104 valence electrons. The molecule has 0 spiro atoms. The zero-order chi connectivity index (χ0) is 13.5. The van der Waals surface area contributed by atoms with Gasteiger partial charge in [-0.05, 0) is 24.1 Å². The molecule has 2 amide bonds. The first-order valence-electron chi connectivity index (χ1n) is 6.19. The monoisotopic (exact) mass is 266 g/mol. The van der Waals surface area contributed by atoms with Crippen molar-refractivity contribution in [1.29, 1.82) is 0 Å². The van der Waals surface area contributed by atoms with Gasteiger partial charge in [0.25, 0.3) is 0 Å². The molecular formula is C13H18N2O4. The van der Waals surface area contributed by atoms with Crippen molar-refractivity contribution in [1.82, 2.24) is 10.6 Å². The highest BCUT2D eigenvalue weighted by Crippen LogP contribution is 2.32. The number of rotatable bonds is 6. The number of nitrogens with one attached hydrogen (secondary N) is 2. The average molecular weight is 266 g/mol. The lowest BCUT2D eigenvalue weighted by atomic mass is 10.2. The normalized spacial score (nSPS) is 12.3. The van der Waals surface area contributed by atoms with E-state index in [2.05, 4.69) is 10.6 Å². The summed E-state index contributed by atoms with van der Waals surface area (Å²) >= 11 is 0. The minimum absolute atomic E-state index is 0.186. The minimum atomic E-state index is -0.186. The highest BCUT2D eigenvalue weighted by atomic mass is 16.7. The number of amides is 2. The van der Waals surface area contributed by atoms with E-state index in [1.807, 2.05) is 18.2 Å². The first-order valence-corrected chi connectivity index (χ1v) is 6.19. The quantitative estimate of drug-likeness (QED) is 0.760. The number of benzene rings is 1. The van der Waals surface area contributed by atoms with E-state index < -0.39 is 0 Å². The molecule has 1 aliphatic rings. The molecule has 0 saturated heterocycles. The van der Waals surface area contributed by atoms with Gasteiger partial charge in [-0.25, -0.2) is 4.79 Å². The number of carbonyl (C=O) groups is 1. The van der Waals surface area contributed by atoms with Crippen molar-refractivity contribution in [3.63, 3.8) is 0 Å². The molecule has 0 radical (unpaired) electrons. The molecule has 0 fully saturated rings. The smallest absolute Gasteiger partial charge is 0.315 e. The molecule has 0 unspecified atom stereocenters. The van der Waals surface area contributed by atoms with Crippen LogP contribution in [-0.4, -0.2) is 33.1 Å². The first-order chi connectivity index (χ1) is 9.29. The highest BCUT2D eigenvalue weighted by Gasteiger charge is 2.13. The summed E-state index contributed by atoms with van der Waals surface area (Å²) in [6.45, 7) is 1.95. The largest absolute Gasteiger partial charge is 0.454 e. The van der Waals surface area contributed by atoms with Gasteiger partial charge in [0, 0.05) is 26.8 Å². The molecular weight excluding hydrogens is 248 g/mol. The van der Waals surface area contributed by atoms with Crippen LogP contribution in [0.4, 0.5) is 4.79 Å². The third kappa shape index (κ3) is 4.03. The predicted octanol–water partition coefficient (Wildman–Crippen LogP) is 1.25. The molecule has 6 heteroatoms. The first kappa shape index (κ1) is 13.5. The standard InChI is InChI=1S/C13H18N2O4/c1-17-6-2-5-14-13(16)15-8-10-3-4-11-12(7-10)19-9-18-11/h3-4,7H,2,5-6,8-9H2,1H3,(H2,14,15,16). The van der Waals surface area contributed by atoms with Gasteiger partial charge in [0.05, 0.1) is 0 Å². The maximum atomic E-state index is 11.5. The molecule has 2 N–H and O–H groups in total. The van der Waals surface area contributed by atoms with E-state index in [-0.39, 0.29) is 12.8 Å². The van der Waals surface area contributed by atoms with E-state index >= 15 is 0 Å². The van der Waals surface area contributed by atoms with Gasteiger partial charge in [-0.1, -0.05) is 6.07 Å². The fourth-order valence-corrected chi connectivity index (χ4v) is 1.71. The van der Waals surface area contributed by atoms with Gasteiger partial charge < -0.3 is 24.8 Å². The van der Waals surface area contributed by atoms with Gasteiger partial charge in [-0.2, -0.15) is 0 Å². The highest BCUT2D eigenvalue weighted by molar-refractivity contribution is 5.73. The molecule has 0 atom stereocenters. The van der Waals surface area contributed by atoms with E-state index in [9.17, 15) is 4.79 Å². The summed E-state index contributed by atoms with van der Waals surface area (Å²) in [5.74, 6) is 1.47. The number of hydrogen-bond acceptors (Lipinski definition) is 4. The molecule has 2 rings (SSSR count). The van der Waals surface area contributed by atoms with Crippen LogP contribution in [0.1, 0.15) is 12.0 Å². The van der Waals surface area contributed by atoms with Crippen LogP contribution in [0.25, 0.3) is 0 Å². The lowest BCUT2D eigenvalue weighted by Crippen LogP contribution is -2.35. The number of ether oxygens (including phenoxy) is 3. The Labute approximate surface area is 112 Å².